The molecule has 0 radical (unpaired) electrons. The number of ketones is 1. The second-order valence-corrected chi connectivity index (χ2v) is 4.98. The lowest BCUT2D eigenvalue weighted by atomic mass is 9.65. The molecule has 0 N–H and O–H groups in total. The maximum atomic E-state index is 12.3. The van der Waals surface area contributed by atoms with Gasteiger partial charge in [0, 0.05) is 16.6 Å². The van der Waals surface area contributed by atoms with Gasteiger partial charge in [-0.2, -0.15) is 0 Å². The molecule has 0 amide bonds. The van der Waals surface area contributed by atoms with Crippen molar-refractivity contribution in [2.75, 3.05) is 7.11 Å². The minimum atomic E-state index is -0.548. The topological polar surface area (TPSA) is 43.4 Å². The van der Waals surface area contributed by atoms with E-state index in [4.69, 9.17) is 4.74 Å². The Labute approximate surface area is 117 Å². The molecular weight excluding hydrogens is 252 g/mol. The van der Waals surface area contributed by atoms with Gasteiger partial charge >= 0.3 is 5.97 Å². The van der Waals surface area contributed by atoms with Gasteiger partial charge in [0.2, 0.25) is 0 Å². The molecule has 0 aromatic heterocycles. The number of rotatable bonds is 1. The third-order valence-electron chi connectivity index (χ3n) is 3.92. The Hall–Kier alpha value is -2.42. The minimum absolute atomic E-state index is 0.0173. The quantitative estimate of drug-likeness (QED) is 0.685. The first-order valence-electron chi connectivity index (χ1n) is 6.46. The van der Waals surface area contributed by atoms with E-state index in [1.165, 1.54) is 7.11 Å². The Morgan fingerprint density at radius 3 is 2.80 bits per heavy atom. The third kappa shape index (κ3) is 1.74. The Morgan fingerprint density at radius 2 is 2.00 bits per heavy atom. The van der Waals surface area contributed by atoms with Crippen molar-refractivity contribution in [2.45, 2.75) is 6.42 Å². The normalized spacial score (nSPS) is 26.9. The highest BCUT2D eigenvalue weighted by Gasteiger charge is 2.42. The maximum absolute atomic E-state index is 12.3. The molecule has 100 valence electrons. The fourth-order valence-corrected chi connectivity index (χ4v) is 2.92. The number of esters is 1. The van der Waals surface area contributed by atoms with Crippen molar-refractivity contribution in [3.8, 4) is 0 Å². The van der Waals surface area contributed by atoms with Gasteiger partial charge in [-0.1, -0.05) is 48.6 Å². The molecule has 0 aromatic rings. The Morgan fingerprint density at radius 1 is 1.15 bits per heavy atom. The number of methoxy groups -OCH3 is 1. The smallest absolute Gasteiger partial charge is 0.333 e. The van der Waals surface area contributed by atoms with Crippen LogP contribution in [0.4, 0.5) is 0 Å². The van der Waals surface area contributed by atoms with E-state index in [9.17, 15) is 9.59 Å². The van der Waals surface area contributed by atoms with Crippen LogP contribution in [0.1, 0.15) is 6.42 Å². The number of ether oxygens (including phenoxy) is 1. The first-order valence-corrected chi connectivity index (χ1v) is 6.46. The van der Waals surface area contributed by atoms with Gasteiger partial charge in [-0.25, -0.2) is 4.79 Å². The summed E-state index contributed by atoms with van der Waals surface area (Å²) in [6.45, 7) is 0. The molecular formula is C17H14O3. The van der Waals surface area contributed by atoms with Crippen molar-refractivity contribution >= 4 is 11.8 Å². The molecule has 0 saturated heterocycles. The Balaban J connectivity index is 2.16. The maximum Gasteiger partial charge on any atom is 0.333 e. The van der Waals surface area contributed by atoms with Crippen molar-refractivity contribution < 1.29 is 14.3 Å². The molecule has 3 aliphatic carbocycles. The molecule has 0 bridgehead atoms. The molecule has 3 rings (SSSR count). The molecule has 0 fully saturated rings. The number of carbonyl (C=O) groups is 2. The molecule has 3 nitrogen and oxygen atoms in total. The SMILES string of the molecule is COC(=O)C1=CC=C2C(=O)C=CC=C3C=CC=CC32C1. The molecule has 0 aliphatic heterocycles. The van der Waals surface area contributed by atoms with Gasteiger partial charge in [-0.15, -0.1) is 0 Å². The molecule has 20 heavy (non-hydrogen) atoms. The summed E-state index contributed by atoms with van der Waals surface area (Å²) in [7, 11) is 1.37. The lowest BCUT2D eigenvalue weighted by molar-refractivity contribution is -0.136. The Kier molecular flexibility index (Phi) is 2.90. The van der Waals surface area contributed by atoms with E-state index in [0.717, 1.165) is 5.57 Å². The zero-order chi connectivity index (χ0) is 14.2. The first-order chi connectivity index (χ1) is 9.67. The standard InChI is InChI=1S/C17H14O3/c1-20-16(19)12-8-9-14-15(18)7-4-6-13-5-2-3-10-17(13,14)11-12/h2-10H,11H2,1H3. The summed E-state index contributed by atoms with van der Waals surface area (Å²) >= 11 is 0. The van der Waals surface area contributed by atoms with Gasteiger partial charge in [0.05, 0.1) is 7.11 Å². The number of hydrogen-bond acceptors (Lipinski definition) is 3. The number of carbonyl (C=O) groups excluding carboxylic acids is 2. The summed E-state index contributed by atoms with van der Waals surface area (Å²) in [5.41, 5.74) is 1.75. The zero-order valence-corrected chi connectivity index (χ0v) is 11.1. The van der Waals surface area contributed by atoms with Crippen LogP contribution < -0.4 is 0 Å². The summed E-state index contributed by atoms with van der Waals surface area (Å²) < 4.78 is 4.81. The highest BCUT2D eigenvalue weighted by molar-refractivity contribution is 6.08. The van der Waals surface area contributed by atoms with Crippen molar-refractivity contribution in [2.24, 2.45) is 5.41 Å². The zero-order valence-electron chi connectivity index (χ0n) is 11.1. The number of allylic oxidation sites excluding steroid dienone is 11. The highest BCUT2D eigenvalue weighted by Crippen LogP contribution is 2.48. The van der Waals surface area contributed by atoms with Crippen LogP contribution in [0.25, 0.3) is 0 Å². The van der Waals surface area contributed by atoms with E-state index >= 15 is 0 Å². The van der Waals surface area contributed by atoms with Crippen LogP contribution in [0.5, 0.6) is 0 Å². The van der Waals surface area contributed by atoms with Crippen molar-refractivity contribution in [1.29, 1.82) is 0 Å². The molecule has 0 aromatic carbocycles. The second kappa shape index (κ2) is 4.60. The van der Waals surface area contributed by atoms with Crippen molar-refractivity contribution in [1.82, 2.24) is 0 Å². The fourth-order valence-electron chi connectivity index (χ4n) is 2.92. The second-order valence-electron chi connectivity index (χ2n) is 4.98. The van der Waals surface area contributed by atoms with E-state index in [2.05, 4.69) is 0 Å². The number of hydrogen-bond donors (Lipinski definition) is 0. The Bertz CT molecular complexity index is 668. The van der Waals surface area contributed by atoms with E-state index in [1.54, 1.807) is 24.3 Å². The largest absolute Gasteiger partial charge is 0.466 e. The summed E-state index contributed by atoms with van der Waals surface area (Å²) in [6.07, 6.45) is 17.0. The van der Waals surface area contributed by atoms with Crippen molar-refractivity contribution in [3.63, 3.8) is 0 Å². The van der Waals surface area contributed by atoms with Gasteiger partial charge in [0.25, 0.3) is 0 Å². The van der Waals surface area contributed by atoms with Crippen LogP contribution in [-0.4, -0.2) is 18.9 Å². The molecule has 1 unspecified atom stereocenters. The molecule has 1 atom stereocenters. The van der Waals surface area contributed by atoms with E-state index in [1.807, 2.05) is 30.4 Å². The van der Waals surface area contributed by atoms with Crippen molar-refractivity contribution in [3.05, 3.63) is 71.4 Å². The van der Waals surface area contributed by atoms with Crippen LogP contribution in [0, 0.1) is 5.41 Å². The summed E-state index contributed by atoms with van der Waals surface area (Å²) in [5.74, 6) is -0.363. The first kappa shape index (κ1) is 12.6. The average molecular weight is 266 g/mol. The summed E-state index contributed by atoms with van der Waals surface area (Å²) in [4.78, 5) is 24.1. The molecule has 0 heterocycles. The molecule has 0 saturated carbocycles. The van der Waals surface area contributed by atoms with Gasteiger partial charge in [-0.3, -0.25) is 4.79 Å². The lowest BCUT2D eigenvalue weighted by Gasteiger charge is -2.37. The monoisotopic (exact) mass is 266 g/mol. The lowest BCUT2D eigenvalue weighted by Crippen LogP contribution is -2.31. The minimum Gasteiger partial charge on any atom is -0.466 e. The van der Waals surface area contributed by atoms with Gasteiger partial charge < -0.3 is 4.74 Å². The molecule has 1 spiro atoms. The van der Waals surface area contributed by atoms with Crippen LogP contribution in [0.15, 0.2) is 71.4 Å². The van der Waals surface area contributed by atoms with Crippen LogP contribution >= 0.6 is 0 Å². The molecule has 3 aliphatic rings. The van der Waals surface area contributed by atoms with Crippen LogP contribution in [0.2, 0.25) is 0 Å². The van der Waals surface area contributed by atoms with E-state index in [0.29, 0.717) is 17.6 Å². The summed E-state index contributed by atoms with van der Waals surface area (Å²) in [6, 6.07) is 0. The predicted octanol–water partition coefficient (Wildman–Crippen LogP) is 2.59. The van der Waals surface area contributed by atoms with Crippen LogP contribution in [-0.2, 0) is 14.3 Å². The summed E-state index contributed by atoms with van der Waals surface area (Å²) in [5, 5.41) is 0. The highest BCUT2D eigenvalue weighted by atomic mass is 16.5. The average Bonchev–Trinajstić information content (AvgIpc) is 2.62. The molecule has 3 heteroatoms. The fraction of sp³-hybridized carbons (Fsp3) is 0.176. The van der Waals surface area contributed by atoms with Gasteiger partial charge in [0.1, 0.15) is 0 Å². The van der Waals surface area contributed by atoms with Gasteiger partial charge in [-0.05, 0) is 18.1 Å². The van der Waals surface area contributed by atoms with E-state index < -0.39 is 5.41 Å². The predicted molar refractivity (Wildman–Crippen MR) is 75.7 cm³/mol. The van der Waals surface area contributed by atoms with Crippen LogP contribution in [0.3, 0.4) is 0 Å². The third-order valence-corrected chi connectivity index (χ3v) is 3.92. The van der Waals surface area contributed by atoms with E-state index in [-0.39, 0.29) is 11.8 Å². The van der Waals surface area contributed by atoms with Gasteiger partial charge in [0.15, 0.2) is 5.78 Å².